The molecular formula is C28H33N3O3. The quantitative estimate of drug-likeness (QED) is 0.363. The van der Waals surface area contributed by atoms with Crippen molar-refractivity contribution < 1.29 is 14.2 Å². The topological polar surface area (TPSA) is 56.7 Å². The van der Waals surface area contributed by atoms with Crippen molar-refractivity contribution in [2.75, 3.05) is 39.5 Å². The van der Waals surface area contributed by atoms with Gasteiger partial charge in [0.25, 0.3) is 0 Å². The molecule has 0 N–H and O–H groups in total. The Balaban J connectivity index is 1.43. The lowest BCUT2D eigenvalue weighted by atomic mass is 10.1. The summed E-state index contributed by atoms with van der Waals surface area (Å²) >= 11 is 0. The highest BCUT2D eigenvalue weighted by molar-refractivity contribution is 5.94. The zero-order chi connectivity index (χ0) is 23.0. The van der Waals surface area contributed by atoms with Crippen molar-refractivity contribution in [1.29, 1.82) is 0 Å². The van der Waals surface area contributed by atoms with E-state index in [-0.39, 0.29) is 0 Å². The molecule has 3 heterocycles. The van der Waals surface area contributed by atoms with E-state index in [1.165, 1.54) is 25.9 Å². The average molecular weight is 460 g/mol. The number of hydrogen-bond donors (Lipinski definition) is 0. The lowest BCUT2D eigenvalue weighted by Gasteiger charge is -2.17. The second kappa shape index (κ2) is 11.3. The summed E-state index contributed by atoms with van der Waals surface area (Å²) < 4.78 is 18.4. The Morgan fingerprint density at radius 3 is 2.76 bits per heavy atom. The zero-order valence-electron chi connectivity index (χ0n) is 19.7. The first-order chi connectivity index (χ1) is 16.9. The van der Waals surface area contributed by atoms with Crippen LogP contribution in [0.25, 0.3) is 22.2 Å². The number of ether oxygens (including phenoxy) is 3. The van der Waals surface area contributed by atoms with E-state index in [2.05, 4.69) is 33.1 Å². The summed E-state index contributed by atoms with van der Waals surface area (Å²) in [6.07, 6.45) is 12.4. The Morgan fingerprint density at radius 1 is 0.912 bits per heavy atom. The van der Waals surface area contributed by atoms with Gasteiger partial charge in [-0.05, 0) is 69.8 Å². The van der Waals surface area contributed by atoms with Crippen molar-refractivity contribution in [2.45, 2.75) is 38.5 Å². The molecule has 0 radical (unpaired) electrons. The van der Waals surface area contributed by atoms with Crippen LogP contribution in [0.15, 0.2) is 54.9 Å². The first-order valence-corrected chi connectivity index (χ1v) is 12.5. The third kappa shape index (κ3) is 5.68. The fourth-order valence-corrected chi connectivity index (χ4v) is 4.59. The van der Waals surface area contributed by atoms with Gasteiger partial charge in [-0.15, -0.1) is 0 Å². The van der Waals surface area contributed by atoms with Crippen LogP contribution in [0.5, 0.6) is 17.2 Å². The summed E-state index contributed by atoms with van der Waals surface area (Å²) in [5.41, 5.74) is 2.72. The molecule has 2 aliphatic rings. The number of aromatic nitrogens is 2. The molecule has 2 aromatic carbocycles. The van der Waals surface area contributed by atoms with Crippen LogP contribution in [-0.4, -0.2) is 54.3 Å². The summed E-state index contributed by atoms with van der Waals surface area (Å²) in [7, 11) is 0. The minimum absolute atomic E-state index is 0.634. The summed E-state index contributed by atoms with van der Waals surface area (Å²) in [6.45, 7) is 5.47. The molecule has 6 heteroatoms. The van der Waals surface area contributed by atoms with Crippen LogP contribution < -0.4 is 14.2 Å². The first kappa shape index (κ1) is 22.7. The molecule has 1 saturated heterocycles. The predicted octanol–water partition coefficient (Wildman–Crippen LogP) is 5.66. The minimum Gasteiger partial charge on any atom is -0.493 e. The summed E-state index contributed by atoms with van der Waals surface area (Å²) in [5, 5.41) is 0.950. The highest BCUT2D eigenvalue weighted by Gasteiger charge is 2.15. The van der Waals surface area contributed by atoms with Crippen LogP contribution in [0.3, 0.4) is 0 Å². The molecule has 0 unspecified atom stereocenters. The maximum atomic E-state index is 6.23. The van der Waals surface area contributed by atoms with Crippen LogP contribution >= 0.6 is 0 Å². The number of rotatable bonds is 5. The van der Waals surface area contributed by atoms with Crippen molar-refractivity contribution >= 4 is 10.9 Å². The molecule has 0 saturated carbocycles. The van der Waals surface area contributed by atoms with Crippen molar-refractivity contribution in [3.63, 3.8) is 0 Å². The highest BCUT2D eigenvalue weighted by atomic mass is 16.5. The first-order valence-electron chi connectivity index (χ1n) is 12.5. The van der Waals surface area contributed by atoms with E-state index in [9.17, 15) is 0 Å². The fourth-order valence-electron chi connectivity index (χ4n) is 4.59. The Hall–Kier alpha value is -3.12. The van der Waals surface area contributed by atoms with E-state index in [4.69, 9.17) is 14.2 Å². The molecule has 5 rings (SSSR count). The van der Waals surface area contributed by atoms with Gasteiger partial charge in [-0.1, -0.05) is 24.3 Å². The number of likely N-dealkylation sites (tertiary alicyclic amines) is 1. The normalized spacial score (nSPS) is 17.9. The number of allylic oxidation sites excluding steroid dienone is 1. The fraction of sp³-hybridized carbons (Fsp3) is 0.429. The highest BCUT2D eigenvalue weighted by Crippen LogP contribution is 2.36. The van der Waals surface area contributed by atoms with Crippen molar-refractivity contribution in [1.82, 2.24) is 14.9 Å². The van der Waals surface area contributed by atoms with Gasteiger partial charge in [0.15, 0.2) is 11.5 Å². The van der Waals surface area contributed by atoms with Gasteiger partial charge in [0.1, 0.15) is 12.1 Å². The second-order valence-electron chi connectivity index (χ2n) is 8.92. The van der Waals surface area contributed by atoms with Crippen molar-refractivity contribution in [3.8, 4) is 28.5 Å². The van der Waals surface area contributed by atoms with E-state index in [0.717, 1.165) is 71.6 Å². The molecule has 3 aromatic rings. The number of nitrogens with zero attached hydrogens (tertiary/aromatic N) is 3. The average Bonchev–Trinajstić information content (AvgIpc) is 3.38. The summed E-state index contributed by atoms with van der Waals surface area (Å²) in [6, 6.07) is 12.1. The Morgan fingerprint density at radius 2 is 1.82 bits per heavy atom. The third-order valence-electron chi connectivity index (χ3n) is 6.38. The van der Waals surface area contributed by atoms with Gasteiger partial charge in [0, 0.05) is 23.6 Å². The Kier molecular flexibility index (Phi) is 7.56. The summed E-state index contributed by atoms with van der Waals surface area (Å²) in [4.78, 5) is 11.7. The molecule has 0 amide bonds. The van der Waals surface area contributed by atoms with E-state index in [0.29, 0.717) is 19.8 Å². The zero-order valence-corrected chi connectivity index (χ0v) is 19.7. The van der Waals surface area contributed by atoms with Gasteiger partial charge < -0.3 is 19.1 Å². The van der Waals surface area contributed by atoms with E-state index in [1.54, 1.807) is 6.33 Å². The predicted molar refractivity (Wildman–Crippen MR) is 135 cm³/mol. The lowest BCUT2D eigenvalue weighted by molar-refractivity contribution is 0.244. The summed E-state index contributed by atoms with van der Waals surface area (Å²) in [5.74, 6) is 2.36. The van der Waals surface area contributed by atoms with Crippen LogP contribution in [0.1, 0.15) is 38.5 Å². The lowest BCUT2D eigenvalue weighted by Crippen LogP contribution is -2.22. The standard InChI is InChI=1S/C28H33N3O3/c1-2-6-15-32-23-11-8-10-22(18-23)28-24-19-26(33-16-7-3-1)27(20-25(24)29-21-30-28)34-17-9-14-31-12-4-5-13-31/h1-2,8,10-11,18-21H,3-7,9,12-17H2/b2-1+. The van der Waals surface area contributed by atoms with Gasteiger partial charge in [-0.2, -0.15) is 0 Å². The van der Waals surface area contributed by atoms with Gasteiger partial charge >= 0.3 is 0 Å². The van der Waals surface area contributed by atoms with E-state index >= 15 is 0 Å². The van der Waals surface area contributed by atoms with Crippen LogP contribution in [0.4, 0.5) is 0 Å². The van der Waals surface area contributed by atoms with Crippen LogP contribution in [0.2, 0.25) is 0 Å². The molecule has 34 heavy (non-hydrogen) atoms. The smallest absolute Gasteiger partial charge is 0.163 e. The van der Waals surface area contributed by atoms with E-state index in [1.807, 2.05) is 30.3 Å². The molecule has 0 atom stereocenters. The van der Waals surface area contributed by atoms with Gasteiger partial charge in [0.2, 0.25) is 0 Å². The maximum Gasteiger partial charge on any atom is 0.163 e. The van der Waals surface area contributed by atoms with E-state index < -0.39 is 0 Å². The SMILES string of the molecule is C1=C/CCOc2cccc(c2)-c2ncnc3cc(OCCCN4CCCC4)c(cc23)OCCC/1. The molecule has 0 spiro atoms. The maximum absolute atomic E-state index is 6.23. The number of fused-ring (bicyclic) bond motifs is 4. The minimum atomic E-state index is 0.634. The van der Waals surface area contributed by atoms with Gasteiger partial charge in [-0.3, -0.25) is 0 Å². The van der Waals surface area contributed by atoms with Crippen LogP contribution in [-0.2, 0) is 0 Å². The Bertz CT molecular complexity index is 1130. The second-order valence-corrected chi connectivity index (χ2v) is 8.92. The van der Waals surface area contributed by atoms with Gasteiger partial charge in [0.05, 0.1) is 31.0 Å². The number of hydrogen-bond acceptors (Lipinski definition) is 6. The largest absolute Gasteiger partial charge is 0.493 e. The molecule has 1 fully saturated rings. The molecule has 0 aliphatic carbocycles. The molecule has 2 aliphatic heterocycles. The third-order valence-corrected chi connectivity index (χ3v) is 6.38. The molecule has 178 valence electrons. The molecule has 4 bridgehead atoms. The van der Waals surface area contributed by atoms with Gasteiger partial charge in [-0.25, -0.2) is 9.97 Å². The Labute approximate surface area is 201 Å². The van der Waals surface area contributed by atoms with Crippen molar-refractivity contribution in [3.05, 3.63) is 54.9 Å². The number of benzene rings is 2. The van der Waals surface area contributed by atoms with Crippen LogP contribution in [0, 0.1) is 0 Å². The molecule has 1 aromatic heterocycles. The molecular weight excluding hydrogens is 426 g/mol. The monoisotopic (exact) mass is 459 g/mol. The van der Waals surface area contributed by atoms with Crippen molar-refractivity contribution in [2.24, 2.45) is 0 Å². The molecule has 6 nitrogen and oxygen atoms in total.